The standard InChI is InChI=1S/C16H13BrF2O2/c1-9(2)21-13-6-4-3-5-10(13)16(20)11-7-8-12(18)15(19)14(11)17/h3-9H,1-2H3. The molecule has 21 heavy (non-hydrogen) atoms. The maximum absolute atomic E-state index is 13.6. The highest BCUT2D eigenvalue weighted by Crippen LogP contribution is 2.28. The Balaban J connectivity index is 2.48. The number of hydrogen-bond acceptors (Lipinski definition) is 2. The van der Waals surface area contributed by atoms with E-state index in [0.29, 0.717) is 11.3 Å². The van der Waals surface area contributed by atoms with E-state index < -0.39 is 17.4 Å². The van der Waals surface area contributed by atoms with Gasteiger partial charge < -0.3 is 4.74 Å². The molecule has 0 spiro atoms. The van der Waals surface area contributed by atoms with Gasteiger partial charge in [-0.1, -0.05) is 12.1 Å². The second-order valence-corrected chi connectivity index (χ2v) is 5.51. The lowest BCUT2D eigenvalue weighted by Gasteiger charge is -2.14. The maximum Gasteiger partial charge on any atom is 0.197 e. The smallest absolute Gasteiger partial charge is 0.197 e. The summed E-state index contributed by atoms with van der Waals surface area (Å²) in [6.07, 6.45) is -0.104. The summed E-state index contributed by atoms with van der Waals surface area (Å²) in [5.74, 6) is -2.11. The highest BCUT2D eigenvalue weighted by atomic mass is 79.9. The first-order valence-electron chi connectivity index (χ1n) is 6.35. The van der Waals surface area contributed by atoms with Gasteiger partial charge in [0.25, 0.3) is 0 Å². The number of carbonyl (C=O) groups is 1. The summed E-state index contributed by atoms with van der Waals surface area (Å²) < 4.78 is 32.1. The summed E-state index contributed by atoms with van der Waals surface area (Å²) in [6, 6.07) is 8.87. The van der Waals surface area contributed by atoms with Gasteiger partial charge in [-0.3, -0.25) is 4.79 Å². The van der Waals surface area contributed by atoms with Gasteiger partial charge in [0.15, 0.2) is 17.4 Å². The first kappa shape index (κ1) is 15.6. The molecule has 0 fully saturated rings. The van der Waals surface area contributed by atoms with Crippen LogP contribution in [-0.2, 0) is 0 Å². The number of hydrogen-bond donors (Lipinski definition) is 0. The molecule has 0 amide bonds. The highest BCUT2D eigenvalue weighted by Gasteiger charge is 2.21. The third-order valence-corrected chi connectivity index (χ3v) is 3.55. The second-order valence-electron chi connectivity index (χ2n) is 4.71. The Labute approximate surface area is 129 Å². The van der Waals surface area contributed by atoms with Crippen LogP contribution in [0.2, 0.25) is 0 Å². The maximum atomic E-state index is 13.6. The fraction of sp³-hybridized carbons (Fsp3) is 0.188. The van der Waals surface area contributed by atoms with Gasteiger partial charge in [0, 0.05) is 5.56 Å². The normalized spacial score (nSPS) is 10.8. The molecule has 2 aromatic carbocycles. The highest BCUT2D eigenvalue weighted by molar-refractivity contribution is 9.10. The summed E-state index contributed by atoms with van der Waals surface area (Å²) in [7, 11) is 0. The summed E-state index contributed by atoms with van der Waals surface area (Å²) in [5.41, 5.74) is 0.353. The van der Waals surface area contributed by atoms with Crippen LogP contribution in [0.1, 0.15) is 29.8 Å². The average molecular weight is 355 g/mol. The zero-order chi connectivity index (χ0) is 15.6. The number of halogens is 3. The minimum atomic E-state index is -1.08. The zero-order valence-electron chi connectivity index (χ0n) is 11.5. The molecule has 0 N–H and O–H groups in total. The quantitative estimate of drug-likeness (QED) is 0.585. The van der Waals surface area contributed by atoms with Crippen LogP contribution >= 0.6 is 15.9 Å². The van der Waals surface area contributed by atoms with Crippen molar-refractivity contribution < 1.29 is 18.3 Å². The molecule has 0 aliphatic heterocycles. The monoisotopic (exact) mass is 354 g/mol. The Kier molecular flexibility index (Phi) is 4.73. The van der Waals surface area contributed by atoms with Crippen molar-refractivity contribution in [2.24, 2.45) is 0 Å². The van der Waals surface area contributed by atoms with E-state index in [2.05, 4.69) is 15.9 Å². The number of carbonyl (C=O) groups excluding carboxylic acids is 1. The minimum Gasteiger partial charge on any atom is -0.490 e. The number of ether oxygens (including phenoxy) is 1. The third kappa shape index (κ3) is 3.29. The van der Waals surface area contributed by atoms with Gasteiger partial charge in [-0.25, -0.2) is 8.78 Å². The van der Waals surface area contributed by atoms with Crippen LogP contribution in [0, 0.1) is 11.6 Å². The van der Waals surface area contributed by atoms with Crippen molar-refractivity contribution in [3.63, 3.8) is 0 Å². The molecule has 0 unspecified atom stereocenters. The van der Waals surface area contributed by atoms with Crippen molar-refractivity contribution in [2.45, 2.75) is 20.0 Å². The molecule has 5 heteroatoms. The fourth-order valence-corrected chi connectivity index (χ4v) is 2.36. The molecule has 0 aromatic heterocycles. The van der Waals surface area contributed by atoms with E-state index in [9.17, 15) is 13.6 Å². The van der Waals surface area contributed by atoms with Gasteiger partial charge >= 0.3 is 0 Å². The summed E-state index contributed by atoms with van der Waals surface area (Å²) in [4.78, 5) is 12.5. The van der Waals surface area contributed by atoms with E-state index in [-0.39, 0.29) is 16.1 Å². The second kappa shape index (κ2) is 6.35. The molecule has 2 rings (SSSR count). The van der Waals surface area contributed by atoms with Gasteiger partial charge in [0.05, 0.1) is 16.1 Å². The van der Waals surface area contributed by atoms with Crippen LogP contribution in [-0.4, -0.2) is 11.9 Å². The Hall–Kier alpha value is -1.75. The minimum absolute atomic E-state index is 0.0497. The van der Waals surface area contributed by atoms with E-state index in [1.807, 2.05) is 13.8 Å². The van der Waals surface area contributed by atoms with Crippen LogP contribution in [0.3, 0.4) is 0 Å². The molecule has 0 atom stereocenters. The Morgan fingerprint density at radius 2 is 1.76 bits per heavy atom. The molecule has 0 saturated carbocycles. The molecule has 2 aromatic rings. The summed E-state index contributed by atoms with van der Waals surface area (Å²) in [6.45, 7) is 3.68. The molecule has 0 aliphatic rings. The van der Waals surface area contributed by atoms with Gasteiger partial charge in [-0.2, -0.15) is 0 Å². The summed E-state index contributed by atoms with van der Waals surface area (Å²) in [5, 5.41) is 0. The predicted molar refractivity (Wildman–Crippen MR) is 79.7 cm³/mol. The average Bonchev–Trinajstić information content (AvgIpc) is 2.44. The van der Waals surface area contributed by atoms with E-state index >= 15 is 0 Å². The zero-order valence-corrected chi connectivity index (χ0v) is 13.1. The van der Waals surface area contributed by atoms with Crippen molar-refractivity contribution in [3.8, 4) is 5.75 Å². The topological polar surface area (TPSA) is 26.3 Å². The van der Waals surface area contributed by atoms with Gasteiger partial charge in [-0.05, 0) is 54.0 Å². The SMILES string of the molecule is CC(C)Oc1ccccc1C(=O)c1ccc(F)c(F)c1Br. The molecule has 0 aliphatic carbocycles. The molecule has 2 nitrogen and oxygen atoms in total. The first-order chi connectivity index (χ1) is 9.91. The number of ketones is 1. The molecular formula is C16H13BrF2O2. The van der Waals surface area contributed by atoms with Crippen molar-refractivity contribution in [1.29, 1.82) is 0 Å². The van der Waals surface area contributed by atoms with Gasteiger partial charge in [-0.15, -0.1) is 0 Å². The van der Waals surface area contributed by atoms with Crippen molar-refractivity contribution >= 4 is 21.7 Å². The van der Waals surface area contributed by atoms with Crippen LogP contribution in [0.25, 0.3) is 0 Å². The number of benzene rings is 2. The lowest BCUT2D eigenvalue weighted by molar-refractivity contribution is 0.103. The first-order valence-corrected chi connectivity index (χ1v) is 7.15. The Morgan fingerprint density at radius 1 is 1.10 bits per heavy atom. The van der Waals surface area contributed by atoms with Gasteiger partial charge in [0.1, 0.15) is 5.75 Å². The summed E-state index contributed by atoms with van der Waals surface area (Å²) >= 11 is 2.93. The molecule has 110 valence electrons. The largest absolute Gasteiger partial charge is 0.490 e. The molecule has 0 heterocycles. The van der Waals surface area contributed by atoms with Crippen LogP contribution < -0.4 is 4.74 Å². The van der Waals surface area contributed by atoms with Crippen LogP contribution in [0.15, 0.2) is 40.9 Å². The van der Waals surface area contributed by atoms with Crippen LogP contribution in [0.4, 0.5) is 8.78 Å². The van der Waals surface area contributed by atoms with Crippen LogP contribution in [0.5, 0.6) is 5.75 Å². The van der Waals surface area contributed by atoms with Crippen molar-refractivity contribution in [3.05, 3.63) is 63.6 Å². The lowest BCUT2D eigenvalue weighted by Crippen LogP contribution is -2.11. The predicted octanol–water partition coefficient (Wildman–Crippen LogP) is 4.75. The Morgan fingerprint density at radius 3 is 2.43 bits per heavy atom. The third-order valence-electron chi connectivity index (χ3n) is 2.77. The number of para-hydroxylation sites is 1. The molecule has 0 bridgehead atoms. The fourth-order valence-electron chi connectivity index (χ4n) is 1.86. The number of rotatable bonds is 4. The van der Waals surface area contributed by atoms with Crippen molar-refractivity contribution in [2.75, 3.05) is 0 Å². The molecular weight excluding hydrogens is 342 g/mol. The van der Waals surface area contributed by atoms with Crippen molar-refractivity contribution in [1.82, 2.24) is 0 Å². The van der Waals surface area contributed by atoms with E-state index in [1.54, 1.807) is 24.3 Å². The molecule has 0 radical (unpaired) electrons. The van der Waals surface area contributed by atoms with E-state index in [1.165, 1.54) is 6.07 Å². The Bertz CT molecular complexity index is 684. The molecule has 0 saturated heterocycles. The van der Waals surface area contributed by atoms with E-state index in [4.69, 9.17) is 4.74 Å². The van der Waals surface area contributed by atoms with E-state index in [0.717, 1.165) is 6.07 Å². The lowest BCUT2D eigenvalue weighted by atomic mass is 10.0. The van der Waals surface area contributed by atoms with Gasteiger partial charge in [0.2, 0.25) is 0 Å².